The maximum Gasteiger partial charge on any atom is 0.259 e. The molecular formula is C20H26N4O2S. The maximum atomic E-state index is 13.0. The molecule has 0 aliphatic carbocycles. The van der Waals surface area contributed by atoms with Crippen LogP contribution < -0.4 is 5.32 Å². The number of nitrogens with zero attached hydrogens (tertiary/aromatic N) is 3. The van der Waals surface area contributed by atoms with Crippen molar-refractivity contribution in [2.45, 2.75) is 40.2 Å². The van der Waals surface area contributed by atoms with E-state index in [0.717, 1.165) is 24.2 Å². The number of fused-ring (bicyclic) bond motifs is 1. The molecule has 0 aliphatic heterocycles. The molecule has 6 nitrogen and oxygen atoms in total. The van der Waals surface area contributed by atoms with Crippen molar-refractivity contribution in [2.75, 3.05) is 20.6 Å². The van der Waals surface area contributed by atoms with E-state index >= 15 is 0 Å². The number of aryl methyl sites for hydroxylation is 3. The molecule has 1 N–H and O–H groups in total. The van der Waals surface area contributed by atoms with Gasteiger partial charge in [-0.15, -0.1) is 11.3 Å². The van der Waals surface area contributed by atoms with E-state index < -0.39 is 0 Å². The summed E-state index contributed by atoms with van der Waals surface area (Å²) < 4.78 is 5.39. The Morgan fingerprint density at radius 1 is 1.30 bits per heavy atom. The fraction of sp³-hybridized carbons (Fsp3) is 0.450. The quantitative estimate of drug-likeness (QED) is 0.695. The molecule has 0 saturated heterocycles. The van der Waals surface area contributed by atoms with Crippen molar-refractivity contribution in [3.8, 4) is 11.3 Å². The standard InChI is InChI=1S/C20H26N4O2S/c1-11(7-8-24(5)6)21-19(25)16-10-17(15-9-12(2)27-14(15)4)22-20-18(16)13(3)23-26-20/h9-11H,7-8H2,1-6H3,(H,21,25). The second-order valence-electron chi connectivity index (χ2n) is 7.30. The van der Waals surface area contributed by atoms with Crippen LogP contribution in [0.25, 0.3) is 22.4 Å². The summed E-state index contributed by atoms with van der Waals surface area (Å²) >= 11 is 1.72. The lowest BCUT2D eigenvalue weighted by Crippen LogP contribution is -2.35. The smallest absolute Gasteiger partial charge is 0.259 e. The normalized spacial score (nSPS) is 12.7. The van der Waals surface area contributed by atoms with E-state index in [1.165, 1.54) is 9.75 Å². The molecule has 0 bridgehead atoms. The SMILES string of the molecule is Cc1cc(-c2cc(C(=O)NC(C)CCN(C)C)c3c(C)noc3n2)c(C)s1. The van der Waals surface area contributed by atoms with E-state index in [-0.39, 0.29) is 11.9 Å². The number of thiophene rings is 1. The lowest BCUT2D eigenvalue weighted by Gasteiger charge is -2.17. The molecular weight excluding hydrogens is 360 g/mol. The summed E-state index contributed by atoms with van der Waals surface area (Å²) in [7, 11) is 4.05. The van der Waals surface area contributed by atoms with Crippen molar-refractivity contribution in [1.29, 1.82) is 0 Å². The van der Waals surface area contributed by atoms with Gasteiger partial charge in [0.25, 0.3) is 11.6 Å². The first-order valence-electron chi connectivity index (χ1n) is 9.06. The van der Waals surface area contributed by atoms with Crippen molar-refractivity contribution >= 4 is 28.3 Å². The molecule has 27 heavy (non-hydrogen) atoms. The van der Waals surface area contributed by atoms with Gasteiger partial charge in [0, 0.05) is 21.4 Å². The lowest BCUT2D eigenvalue weighted by atomic mass is 10.0. The maximum absolute atomic E-state index is 13.0. The molecule has 7 heteroatoms. The van der Waals surface area contributed by atoms with Crippen LogP contribution in [-0.4, -0.2) is 47.6 Å². The first-order chi connectivity index (χ1) is 12.8. The number of carbonyl (C=O) groups excluding carboxylic acids is 1. The molecule has 3 aromatic rings. The van der Waals surface area contributed by atoms with Crippen LogP contribution in [0.5, 0.6) is 0 Å². The molecule has 0 saturated carbocycles. The predicted molar refractivity (Wildman–Crippen MR) is 109 cm³/mol. The third kappa shape index (κ3) is 4.20. The van der Waals surface area contributed by atoms with E-state index in [4.69, 9.17) is 4.52 Å². The Kier molecular flexibility index (Phi) is 5.62. The van der Waals surface area contributed by atoms with Gasteiger partial charge in [0.1, 0.15) is 0 Å². The number of rotatable bonds is 6. The number of hydrogen-bond donors (Lipinski definition) is 1. The number of carbonyl (C=O) groups is 1. The molecule has 0 spiro atoms. The predicted octanol–water partition coefficient (Wildman–Crippen LogP) is 3.95. The fourth-order valence-corrected chi connectivity index (χ4v) is 4.06. The highest BCUT2D eigenvalue weighted by Crippen LogP contribution is 2.32. The molecule has 144 valence electrons. The lowest BCUT2D eigenvalue weighted by molar-refractivity contribution is 0.0938. The highest BCUT2D eigenvalue weighted by atomic mass is 32.1. The first kappa shape index (κ1) is 19.5. The number of hydrogen-bond acceptors (Lipinski definition) is 6. The monoisotopic (exact) mass is 386 g/mol. The van der Waals surface area contributed by atoms with Crippen LogP contribution in [0.1, 0.15) is 39.2 Å². The van der Waals surface area contributed by atoms with Gasteiger partial charge in [0.2, 0.25) is 0 Å². The Hall–Kier alpha value is -2.25. The minimum Gasteiger partial charge on any atom is -0.350 e. The van der Waals surface area contributed by atoms with Gasteiger partial charge in [-0.3, -0.25) is 4.79 Å². The summed E-state index contributed by atoms with van der Waals surface area (Å²) in [6, 6.07) is 4.02. The molecule has 3 aromatic heterocycles. The van der Waals surface area contributed by atoms with E-state index in [1.807, 2.05) is 34.0 Å². The van der Waals surface area contributed by atoms with Crippen molar-refractivity contribution in [3.63, 3.8) is 0 Å². The molecule has 1 amide bonds. The summed E-state index contributed by atoms with van der Waals surface area (Å²) in [4.78, 5) is 22.1. The van der Waals surface area contributed by atoms with Crippen molar-refractivity contribution in [2.24, 2.45) is 0 Å². The summed E-state index contributed by atoms with van der Waals surface area (Å²) in [6.07, 6.45) is 0.880. The van der Waals surface area contributed by atoms with Crippen LogP contribution in [0.15, 0.2) is 16.7 Å². The zero-order chi connectivity index (χ0) is 19.7. The zero-order valence-electron chi connectivity index (χ0n) is 16.7. The fourth-order valence-electron chi connectivity index (χ4n) is 3.12. The van der Waals surface area contributed by atoms with E-state index in [1.54, 1.807) is 11.3 Å². The minimum absolute atomic E-state index is 0.0665. The van der Waals surface area contributed by atoms with Crippen LogP contribution in [0.4, 0.5) is 0 Å². The summed E-state index contributed by atoms with van der Waals surface area (Å²) in [5, 5.41) is 7.80. The topological polar surface area (TPSA) is 71.3 Å². The van der Waals surface area contributed by atoms with Crippen molar-refractivity contribution in [1.82, 2.24) is 20.4 Å². The van der Waals surface area contributed by atoms with Crippen molar-refractivity contribution < 1.29 is 9.32 Å². The van der Waals surface area contributed by atoms with Gasteiger partial charge in [-0.25, -0.2) is 4.98 Å². The highest BCUT2D eigenvalue weighted by molar-refractivity contribution is 7.12. The van der Waals surface area contributed by atoms with Crippen LogP contribution in [-0.2, 0) is 0 Å². The second-order valence-corrected chi connectivity index (χ2v) is 8.76. The highest BCUT2D eigenvalue weighted by Gasteiger charge is 2.21. The van der Waals surface area contributed by atoms with Gasteiger partial charge >= 0.3 is 0 Å². The number of nitrogens with one attached hydrogen (secondary N) is 1. The van der Waals surface area contributed by atoms with Crippen LogP contribution in [0.2, 0.25) is 0 Å². The Labute approximate surface area is 163 Å². The third-order valence-electron chi connectivity index (χ3n) is 4.57. The van der Waals surface area contributed by atoms with E-state index in [9.17, 15) is 4.79 Å². The molecule has 0 radical (unpaired) electrons. The average Bonchev–Trinajstić information content (AvgIpc) is 3.14. The summed E-state index contributed by atoms with van der Waals surface area (Å²) in [6.45, 7) is 8.90. The number of aromatic nitrogens is 2. The van der Waals surface area contributed by atoms with Gasteiger partial charge < -0.3 is 14.7 Å². The molecule has 3 rings (SSSR count). The van der Waals surface area contributed by atoms with E-state index in [2.05, 4.69) is 40.3 Å². The van der Waals surface area contributed by atoms with Crippen LogP contribution in [0.3, 0.4) is 0 Å². The van der Waals surface area contributed by atoms with Gasteiger partial charge in [-0.1, -0.05) is 5.16 Å². The third-order valence-corrected chi connectivity index (χ3v) is 5.53. The Balaban J connectivity index is 1.99. The summed E-state index contributed by atoms with van der Waals surface area (Å²) in [5.74, 6) is -0.120. The molecule has 0 aromatic carbocycles. The van der Waals surface area contributed by atoms with Gasteiger partial charge in [-0.05, 0) is 66.9 Å². The molecule has 3 heterocycles. The van der Waals surface area contributed by atoms with Gasteiger partial charge in [0.05, 0.1) is 22.3 Å². The first-order valence-corrected chi connectivity index (χ1v) is 9.88. The number of pyridine rings is 1. The Morgan fingerprint density at radius 2 is 2.04 bits per heavy atom. The zero-order valence-corrected chi connectivity index (χ0v) is 17.5. The summed E-state index contributed by atoms with van der Waals surface area (Å²) in [5.41, 5.74) is 3.41. The van der Waals surface area contributed by atoms with E-state index in [0.29, 0.717) is 22.4 Å². The minimum atomic E-state index is -0.120. The molecule has 1 unspecified atom stereocenters. The molecule has 0 fully saturated rings. The Bertz CT molecular complexity index is 974. The Morgan fingerprint density at radius 3 is 2.67 bits per heavy atom. The van der Waals surface area contributed by atoms with Gasteiger partial charge in [-0.2, -0.15) is 0 Å². The second kappa shape index (κ2) is 7.78. The van der Waals surface area contributed by atoms with Crippen molar-refractivity contribution in [3.05, 3.63) is 33.1 Å². The number of amides is 1. The molecule has 1 atom stereocenters. The van der Waals surface area contributed by atoms with Crippen LogP contribution >= 0.6 is 11.3 Å². The van der Waals surface area contributed by atoms with Gasteiger partial charge in [0.15, 0.2) is 0 Å². The average molecular weight is 387 g/mol. The molecule has 0 aliphatic rings. The van der Waals surface area contributed by atoms with Crippen LogP contribution in [0, 0.1) is 20.8 Å². The largest absolute Gasteiger partial charge is 0.350 e.